The van der Waals surface area contributed by atoms with Crippen molar-refractivity contribution in [3.8, 4) is 0 Å². The van der Waals surface area contributed by atoms with Crippen LogP contribution in [0, 0.1) is 0 Å². The third kappa shape index (κ3) is 3.77. The van der Waals surface area contributed by atoms with Crippen LogP contribution in [-0.4, -0.2) is 21.6 Å². The maximum atomic E-state index is 13.3. The Morgan fingerprint density at radius 1 is 1.00 bits per heavy atom. The molecule has 0 saturated carbocycles. The van der Waals surface area contributed by atoms with Crippen molar-refractivity contribution in [1.29, 1.82) is 0 Å². The van der Waals surface area contributed by atoms with E-state index in [-0.39, 0.29) is 0 Å². The van der Waals surface area contributed by atoms with Crippen LogP contribution in [0.25, 0.3) is 0 Å². The van der Waals surface area contributed by atoms with Crippen molar-refractivity contribution < 1.29 is 19.4 Å². The van der Waals surface area contributed by atoms with Crippen LogP contribution in [0.15, 0.2) is 60.7 Å². The molecule has 2 rings (SSSR count). The van der Waals surface area contributed by atoms with Crippen LogP contribution in [0.2, 0.25) is 0 Å². The summed E-state index contributed by atoms with van der Waals surface area (Å²) in [5, 5.41) is 9.71. The molecule has 4 unspecified atom stereocenters. The molecule has 4 nitrogen and oxygen atoms in total. The summed E-state index contributed by atoms with van der Waals surface area (Å²) in [4.78, 5) is 22.7. The lowest BCUT2D eigenvalue weighted by atomic mass is 9.94. The first-order chi connectivity index (χ1) is 11.4. The molecule has 0 bridgehead atoms. The highest BCUT2D eigenvalue weighted by Crippen LogP contribution is 2.63. The van der Waals surface area contributed by atoms with Gasteiger partial charge in [-0.3, -0.25) is 9.36 Å². The van der Waals surface area contributed by atoms with Gasteiger partial charge in [0, 0.05) is 0 Å². The lowest BCUT2D eigenvalue weighted by Gasteiger charge is -2.31. The quantitative estimate of drug-likeness (QED) is 0.715. The van der Waals surface area contributed by atoms with E-state index >= 15 is 0 Å². The molecule has 0 heterocycles. The van der Waals surface area contributed by atoms with E-state index in [0.717, 1.165) is 5.56 Å². The summed E-state index contributed by atoms with van der Waals surface area (Å²) < 4.78 is 13.3. The molecule has 2 aromatic rings. The molecule has 0 aliphatic rings. The topological polar surface area (TPSA) is 74.6 Å². The summed E-state index contributed by atoms with van der Waals surface area (Å²) in [6.07, 6.45) is 0.316. The second-order valence-corrected chi connectivity index (χ2v) is 8.74. The third-order valence-corrected chi connectivity index (χ3v) is 7.56. The number of carboxylic acid groups (broad SMARTS) is 1. The first-order valence-corrected chi connectivity index (χ1v) is 9.84. The van der Waals surface area contributed by atoms with Crippen molar-refractivity contribution in [2.24, 2.45) is 0 Å². The molecule has 0 saturated heterocycles. The van der Waals surface area contributed by atoms with Gasteiger partial charge in [0.05, 0.1) is 17.2 Å². The molecule has 128 valence electrons. The lowest BCUT2D eigenvalue weighted by Crippen LogP contribution is -2.27. The monoisotopic (exact) mass is 346 g/mol. The van der Waals surface area contributed by atoms with Crippen LogP contribution in [0.3, 0.4) is 0 Å². The van der Waals surface area contributed by atoms with Crippen LogP contribution < -0.4 is 0 Å². The summed E-state index contributed by atoms with van der Waals surface area (Å²) in [7, 11) is -3.77. The van der Waals surface area contributed by atoms with Crippen molar-refractivity contribution in [2.45, 2.75) is 37.5 Å². The van der Waals surface area contributed by atoms with Gasteiger partial charge in [0.2, 0.25) is 7.37 Å². The molecule has 0 amide bonds. The van der Waals surface area contributed by atoms with Gasteiger partial charge in [-0.1, -0.05) is 67.6 Å². The molecule has 0 fully saturated rings. The fourth-order valence-corrected chi connectivity index (χ4v) is 5.56. The van der Waals surface area contributed by atoms with Gasteiger partial charge in [-0.25, -0.2) is 0 Å². The Hall–Kier alpha value is -1.90. The van der Waals surface area contributed by atoms with E-state index in [1.165, 1.54) is 0 Å². The van der Waals surface area contributed by atoms with Gasteiger partial charge in [0.25, 0.3) is 0 Å². The third-order valence-electron chi connectivity index (χ3n) is 4.54. The molecule has 0 radical (unpaired) electrons. The average molecular weight is 346 g/mol. The van der Waals surface area contributed by atoms with Gasteiger partial charge in [-0.05, 0) is 24.5 Å². The number of benzene rings is 2. The lowest BCUT2D eigenvalue weighted by molar-refractivity contribution is -0.138. The Morgan fingerprint density at radius 3 is 1.88 bits per heavy atom. The van der Waals surface area contributed by atoms with Crippen molar-refractivity contribution in [3.63, 3.8) is 0 Å². The SMILES string of the molecule is CCC(C(C(=O)O)c1ccccc1)P(=O)(O)C(C)c1ccccc1. The zero-order chi connectivity index (χ0) is 17.7. The first-order valence-electron chi connectivity index (χ1n) is 8.04. The number of aliphatic carboxylic acids is 1. The van der Waals surface area contributed by atoms with E-state index in [1.807, 2.05) is 18.2 Å². The van der Waals surface area contributed by atoms with Crippen molar-refractivity contribution >= 4 is 13.3 Å². The Morgan fingerprint density at radius 2 is 1.46 bits per heavy atom. The van der Waals surface area contributed by atoms with Gasteiger partial charge >= 0.3 is 5.97 Å². The van der Waals surface area contributed by atoms with Crippen LogP contribution in [0.1, 0.15) is 43.0 Å². The maximum Gasteiger partial charge on any atom is 0.311 e. The van der Waals surface area contributed by atoms with Crippen molar-refractivity contribution in [1.82, 2.24) is 0 Å². The minimum atomic E-state index is -3.77. The van der Waals surface area contributed by atoms with Crippen LogP contribution in [0.4, 0.5) is 0 Å². The van der Waals surface area contributed by atoms with E-state index in [0.29, 0.717) is 12.0 Å². The number of carbonyl (C=O) groups is 1. The highest BCUT2D eigenvalue weighted by Gasteiger charge is 2.44. The van der Waals surface area contributed by atoms with E-state index in [4.69, 9.17) is 0 Å². The zero-order valence-electron chi connectivity index (χ0n) is 13.9. The second-order valence-electron chi connectivity index (χ2n) is 5.96. The van der Waals surface area contributed by atoms with Crippen molar-refractivity contribution in [3.05, 3.63) is 71.8 Å². The molecule has 5 heteroatoms. The van der Waals surface area contributed by atoms with Gasteiger partial charge in [-0.15, -0.1) is 0 Å². The molecule has 4 atom stereocenters. The van der Waals surface area contributed by atoms with E-state index in [2.05, 4.69) is 0 Å². The fourth-order valence-electron chi connectivity index (χ4n) is 3.13. The van der Waals surface area contributed by atoms with E-state index < -0.39 is 30.6 Å². The highest BCUT2D eigenvalue weighted by atomic mass is 31.2. The highest BCUT2D eigenvalue weighted by molar-refractivity contribution is 7.59. The number of hydrogen-bond donors (Lipinski definition) is 2. The van der Waals surface area contributed by atoms with Gasteiger partial charge in [-0.2, -0.15) is 0 Å². The summed E-state index contributed by atoms with van der Waals surface area (Å²) in [6.45, 7) is 3.47. The number of carboxylic acids is 1. The van der Waals surface area contributed by atoms with E-state index in [9.17, 15) is 19.4 Å². The standard InChI is InChI=1S/C19H23O4P/c1-3-17(18(19(20)21)16-12-8-5-9-13-16)24(22,23)14(2)15-10-6-4-7-11-15/h4-14,17-18H,3H2,1-2H3,(H,20,21)(H,22,23). The predicted molar refractivity (Wildman–Crippen MR) is 95.6 cm³/mol. The van der Waals surface area contributed by atoms with Gasteiger partial charge in [0.15, 0.2) is 0 Å². The minimum Gasteiger partial charge on any atom is -0.481 e. The van der Waals surface area contributed by atoms with Crippen LogP contribution >= 0.6 is 7.37 Å². The number of hydrogen-bond acceptors (Lipinski definition) is 2. The van der Waals surface area contributed by atoms with Crippen LogP contribution in [0.5, 0.6) is 0 Å². The molecule has 0 aromatic heterocycles. The molecular weight excluding hydrogens is 323 g/mol. The Labute approximate surface area is 142 Å². The maximum absolute atomic E-state index is 13.3. The molecule has 2 N–H and O–H groups in total. The smallest absolute Gasteiger partial charge is 0.311 e. The number of rotatable bonds is 7. The molecule has 0 aliphatic heterocycles. The Kier molecular flexibility index (Phi) is 5.98. The summed E-state index contributed by atoms with van der Waals surface area (Å²) in [5.41, 5.74) is -0.146. The summed E-state index contributed by atoms with van der Waals surface area (Å²) in [5.74, 6) is -2.07. The normalized spacial score (nSPS) is 17.5. The summed E-state index contributed by atoms with van der Waals surface area (Å²) >= 11 is 0. The molecular formula is C19H23O4P. The fraction of sp³-hybridized carbons (Fsp3) is 0.316. The minimum absolute atomic E-state index is 0.316. The van der Waals surface area contributed by atoms with E-state index in [1.54, 1.807) is 56.3 Å². The molecule has 24 heavy (non-hydrogen) atoms. The Balaban J connectivity index is 2.44. The summed E-state index contributed by atoms with van der Waals surface area (Å²) in [6, 6.07) is 17.8. The second kappa shape index (κ2) is 7.78. The van der Waals surface area contributed by atoms with Gasteiger partial charge < -0.3 is 10.00 Å². The molecule has 0 aliphatic carbocycles. The average Bonchev–Trinajstić information content (AvgIpc) is 2.59. The predicted octanol–water partition coefficient (Wildman–Crippen LogP) is 4.67. The van der Waals surface area contributed by atoms with Gasteiger partial charge in [0.1, 0.15) is 0 Å². The molecule has 2 aromatic carbocycles. The van der Waals surface area contributed by atoms with Crippen molar-refractivity contribution in [2.75, 3.05) is 0 Å². The molecule has 0 spiro atoms. The Bertz CT molecular complexity index is 715. The van der Waals surface area contributed by atoms with Crippen LogP contribution in [-0.2, 0) is 9.36 Å². The zero-order valence-corrected chi connectivity index (χ0v) is 14.8. The first kappa shape index (κ1) is 18.4. The largest absolute Gasteiger partial charge is 0.481 e.